The first-order valence-electron chi connectivity index (χ1n) is 16.2. The number of hydrogen-bond acceptors (Lipinski definition) is 10. The van der Waals surface area contributed by atoms with Gasteiger partial charge in [0.1, 0.15) is 40.4 Å². The van der Waals surface area contributed by atoms with Crippen molar-refractivity contribution in [3.05, 3.63) is 77.7 Å². The Bertz CT molecular complexity index is 2180. The van der Waals surface area contributed by atoms with Gasteiger partial charge in [-0.15, -0.1) is 3.89 Å². The number of benzene rings is 3. The highest BCUT2D eigenvalue weighted by Gasteiger charge is 2.35. The van der Waals surface area contributed by atoms with E-state index in [9.17, 15) is 12.3 Å². The van der Waals surface area contributed by atoms with Crippen LogP contribution in [0.3, 0.4) is 0 Å². The molecule has 2 bridgehead atoms. The largest absolute Gasteiger partial charge is 0.489 e. The topological polar surface area (TPSA) is 110 Å². The van der Waals surface area contributed by atoms with Crippen LogP contribution in [0.2, 0.25) is 5.02 Å². The van der Waals surface area contributed by atoms with Gasteiger partial charge in [0.2, 0.25) is 0 Å². The predicted octanol–water partition coefficient (Wildman–Crippen LogP) is 5.77. The van der Waals surface area contributed by atoms with E-state index in [4.69, 9.17) is 26.1 Å². The van der Waals surface area contributed by atoms with Crippen molar-refractivity contribution in [1.82, 2.24) is 25.2 Å². The van der Waals surface area contributed by atoms with Crippen molar-refractivity contribution in [2.75, 3.05) is 38.2 Å². The molecule has 3 aliphatic heterocycles. The predicted molar refractivity (Wildman–Crippen MR) is 183 cm³/mol. The maximum Gasteiger partial charge on any atom is 0.332 e. The lowest BCUT2D eigenvalue weighted by atomic mass is 10.0. The van der Waals surface area contributed by atoms with E-state index in [-0.39, 0.29) is 41.7 Å². The van der Waals surface area contributed by atoms with Gasteiger partial charge in [-0.05, 0) is 43.5 Å². The number of pyridine rings is 1. The van der Waals surface area contributed by atoms with Gasteiger partial charge in [0.15, 0.2) is 5.82 Å². The molecule has 3 unspecified atom stereocenters. The van der Waals surface area contributed by atoms with Gasteiger partial charge in [0.25, 0.3) is 0 Å². The van der Waals surface area contributed by atoms with Crippen molar-refractivity contribution < 1.29 is 26.2 Å². The Morgan fingerprint density at radius 2 is 1.78 bits per heavy atom. The van der Waals surface area contributed by atoms with Gasteiger partial charge in [0, 0.05) is 72.4 Å². The monoisotopic (exact) mass is 706 g/mol. The fourth-order valence-electron chi connectivity index (χ4n) is 7.35. The second-order valence-electron chi connectivity index (χ2n) is 13.0. The van der Waals surface area contributed by atoms with Crippen LogP contribution >= 0.6 is 11.6 Å². The molecular formula is C35H33ClF2N6O4S. The Labute approximate surface area is 287 Å². The standard InChI is InChI=1S/C35H33ClF2N6O4S/c1-43-18-25(48-24-7-4-8-26(14-24)49(38,45)46)13-23(43)19-47-35-41-33-28(34(42-35)44-16-21-11-12-22(17-44)40-21)15-39-32(31(33)37)27-9-2-5-20-6-3-10-29(36)30(20)27/h2-10,14-15,21-23,25,40H,11-13,16-19H2,1H3/t21?,22?,23-,25?/m0/s1. The number of rotatable bonds is 8. The van der Waals surface area contributed by atoms with Gasteiger partial charge in [-0.3, -0.25) is 9.88 Å². The third-order valence-electron chi connectivity index (χ3n) is 9.71. The molecule has 14 heteroatoms. The molecule has 0 saturated carbocycles. The van der Waals surface area contributed by atoms with Crippen LogP contribution in [-0.2, 0) is 10.2 Å². The van der Waals surface area contributed by atoms with E-state index >= 15 is 4.39 Å². The first-order chi connectivity index (χ1) is 23.6. The lowest BCUT2D eigenvalue weighted by molar-refractivity contribution is 0.188. The second kappa shape index (κ2) is 12.6. The highest BCUT2D eigenvalue weighted by atomic mass is 35.5. The molecule has 254 valence electrons. The number of hydrogen-bond donors (Lipinski definition) is 1. The Hall–Kier alpha value is -4.17. The molecule has 49 heavy (non-hydrogen) atoms. The van der Waals surface area contributed by atoms with Crippen LogP contribution in [0.15, 0.2) is 71.8 Å². The number of fused-ring (bicyclic) bond motifs is 4. The van der Waals surface area contributed by atoms with Gasteiger partial charge < -0.3 is 19.7 Å². The van der Waals surface area contributed by atoms with Crippen LogP contribution in [0, 0.1) is 5.82 Å². The summed E-state index contributed by atoms with van der Waals surface area (Å²) in [5.41, 5.74) is 0.824. The average Bonchev–Trinajstić information content (AvgIpc) is 3.61. The van der Waals surface area contributed by atoms with Crippen molar-refractivity contribution in [1.29, 1.82) is 0 Å². The van der Waals surface area contributed by atoms with E-state index in [0.717, 1.165) is 31.3 Å². The number of piperazine rings is 1. The smallest absolute Gasteiger partial charge is 0.332 e. The molecule has 5 aromatic rings. The summed E-state index contributed by atoms with van der Waals surface area (Å²) in [4.78, 5) is 17.8. The van der Waals surface area contributed by atoms with Crippen LogP contribution < -0.4 is 19.7 Å². The summed E-state index contributed by atoms with van der Waals surface area (Å²) >= 11 is 6.60. The molecule has 1 N–H and O–H groups in total. The van der Waals surface area contributed by atoms with E-state index in [1.807, 2.05) is 31.3 Å². The Morgan fingerprint density at radius 1 is 1.02 bits per heavy atom. The summed E-state index contributed by atoms with van der Waals surface area (Å²) in [5.74, 6) is 0.259. The van der Waals surface area contributed by atoms with Gasteiger partial charge in [-0.25, -0.2) is 4.39 Å². The molecular weight excluding hydrogens is 674 g/mol. The third kappa shape index (κ3) is 6.24. The summed E-state index contributed by atoms with van der Waals surface area (Å²) in [6.45, 7) is 2.18. The maximum absolute atomic E-state index is 16.7. The van der Waals surface area contributed by atoms with E-state index in [1.54, 1.807) is 24.4 Å². The lowest BCUT2D eigenvalue weighted by Gasteiger charge is -2.34. The average molecular weight is 707 g/mol. The van der Waals surface area contributed by atoms with Gasteiger partial charge >= 0.3 is 16.2 Å². The van der Waals surface area contributed by atoms with E-state index in [0.29, 0.717) is 52.2 Å². The molecule has 0 spiro atoms. The summed E-state index contributed by atoms with van der Waals surface area (Å²) in [7, 11) is -2.92. The zero-order chi connectivity index (χ0) is 33.9. The third-order valence-corrected chi connectivity index (χ3v) is 10.8. The molecule has 3 fully saturated rings. The normalized spacial score (nSPS) is 22.7. The van der Waals surface area contributed by atoms with Crippen molar-refractivity contribution >= 4 is 49.3 Å². The zero-order valence-corrected chi connectivity index (χ0v) is 28.1. The Morgan fingerprint density at radius 3 is 2.55 bits per heavy atom. The molecule has 10 nitrogen and oxygen atoms in total. The van der Waals surface area contributed by atoms with E-state index < -0.39 is 20.9 Å². The van der Waals surface area contributed by atoms with Gasteiger partial charge in [-0.1, -0.05) is 48.0 Å². The van der Waals surface area contributed by atoms with Gasteiger partial charge in [0.05, 0.1) is 5.39 Å². The molecule has 3 aromatic carbocycles. The quantitative estimate of drug-likeness (QED) is 0.200. The van der Waals surface area contributed by atoms with Crippen LogP contribution in [0.4, 0.5) is 14.1 Å². The lowest BCUT2D eigenvalue weighted by Crippen LogP contribution is -2.51. The first-order valence-corrected chi connectivity index (χ1v) is 18.0. The fraction of sp³-hybridized carbons (Fsp3) is 0.343. The highest BCUT2D eigenvalue weighted by Crippen LogP contribution is 2.38. The Balaban J connectivity index is 1.10. The summed E-state index contributed by atoms with van der Waals surface area (Å²) in [6.07, 6.45) is 4.03. The number of ether oxygens (including phenoxy) is 2. The molecule has 8 rings (SSSR count). The van der Waals surface area contributed by atoms with Crippen LogP contribution in [0.1, 0.15) is 19.3 Å². The number of nitrogens with zero attached hydrogens (tertiary/aromatic N) is 5. The summed E-state index contributed by atoms with van der Waals surface area (Å²) in [5, 5.41) is 6.22. The molecule has 2 aromatic heterocycles. The highest BCUT2D eigenvalue weighted by molar-refractivity contribution is 7.86. The number of nitrogens with one attached hydrogen (secondary N) is 1. The number of aromatic nitrogens is 3. The molecule has 0 aliphatic carbocycles. The van der Waals surface area contributed by atoms with Gasteiger partial charge in [-0.2, -0.15) is 18.4 Å². The van der Waals surface area contributed by atoms with Crippen LogP contribution in [0.25, 0.3) is 32.9 Å². The number of likely N-dealkylation sites (tertiary alicyclic amines) is 1. The molecule has 0 amide bonds. The number of likely N-dealkylation sites (N-methyl/N-ethyl adjacent to an activating group) is 1. The van der Waals surface area contributed by atoms with E-state index in [2.05, 4.69) is 25.1 Å². The summed E-state index contributed by atoms with van der Waals surface area (Å²) in [6, 6.07) is 17.1. The molecule has 3 aliphatic rings. The molecule has 4 atom stereocenters. The SMILES string of the molecule is CN1CC(Oc2cccc(S(=O)(=O)F)c2)C[C@H]1COc1nc(N2CC3CCC(C2)N3)c2cnc(-c3cccc4cccc(Cl)c34)c(F)c2n1. The zero-order valence-electron chi connectivity index (χ0n) is 26.5. The number of anilines is 1. The van der Waals surface area contributed by atoms with Crippen molar-refractivity contribution in [2.45, 2.75) is 48.4 Å². The molecule has 3 saturated heterocycles. The molecule has 5 heterocycles. The van der Waals surface area contributed by atoms with Crippen LogP contribution in [0.5, 0.6) is 11.8 Å². The number of halogens is 3. The van der Waals surface area contributed by atoms with Crippen LogP contribution in [-0.4, -0.2) is 85.8 Å². The van der Waals surface area contributed by atoms with E-state index in [1.165, 1.54) is 18.2 Å². The van der Waals surface area contributed by atoms with Crippen molar-refractivity contribution in [3.8, 4) is 23.0 Å². The fourth-order valence-corrected chi connectivity index (χ4v) is 8.13. The maximum atomic E-state index is 16.7. The van der Waals surface area contributed by atoms with Crippen molar-refractivity contribution in [2.24, 2.45) is 0 Å². The minimum Gasteiger partial charge on any atom is -0.489 e. The Kier molecular flexibility index (Phi) is 8.25. The first kappa shape index (κ1) is 32.1. The molecule has 0 radical (unpaired) electrons. The second-order valence-corrected chi connectivity index (χ2v) is 14.7. The minimum atomic E-state index is -4.85. The minimum absolute atomic E-state index is 0.0546. The van der Waals surface area contributed by atoms with Crippen molar-refractivity contribution in [3.63, 3.8) is 0 Å². The summed E-state index contributed by atoms with van der Waals surface area (Å²) < 4.78 is 65.2.